The van der Waals surface area contributed by atoms with Crippen molar-refractivity contribution < 1.29 is 0 Å². The van der Waals surface area contributed by atoms with E-state index in [9.17, 15) is 0 Å². The molecule has 3 rings (SSSR count). The van der Waals surface area contributed by atoms with E-state index in [0.717, 1.165) is 11.8 Å². The molecule has 2 aliphatic carbocycles. The van der Waals surface area contributed by atoms with Crippen LogP contribution in [0.1, 0.15) is 44.2 Å². The monoisotopic (exact) mass is 244 g/mol. The second-order valence-electron chi connectivity index (χ2n) is 6.14. The quantitative estimate of drug-likeness (QED) is 0.831. The summed E-state index contributed by atoms with van der Waals surface area (Å²) in [7, 11) is 0. The van der Waals surface area contributed by atoms with Crippen LogP contribution < -0.4 is 10.6 Å². The fraction of sp³-hybridized carbons (Fsp3) is 0.625. The molecule has 0 amide bonds. The number of nitrogens with zero attached hydrogens (tertiary/aromatic N) is 1. The molecule has 2 saturated carbocycles. The summed E-state index contributed by atoms with van der Waals surface area (Å²) < 4.78 is 0. The Morgan fingerprint density at radius 1 is 1.11 bits per heavy atom. The molecule has 1 atom stereocenters. The molecule has 0 aromatic heterocycles. The molecule has 2 fully saturated rings. The summed E-state index contributed by atoms with van der Waals surface area (Å²) in [6.07, 6.45) is 5.67. The van der Waals surface area contributed by atoms with Crippen molar-refractivity contribution in [1.82, 2.24) is 0 Å². The Hall–Kier alpha value is -1.02. The minimum absolute atomic E-state index is 0.127. The van der Waals surface area contributed by atoms with E-state index in [1.807, 2.05) is 0 Å². The molecule has 18 heavy (non-hydrogen) atoms. The average molecular weight is 244 g/mol. The number of nitrogens with two attached hydrogens (primary N) is 1. The lowest BCUT2D eigenvalue weighted by Gasteiger charge is -2.28. The van der Waals surface area contributed by atoms with E-state index in [2.05, 4.69) is 36.1 Å². The summed E-state index contributed by atoms with van der Waals surface area (Å²) in [5, 5.41) is 0. The summed E-state index contributed by atoms with van der Waals surface area (Å²) in [4.78, 5) is 2.61. The number of hydrogen-bond donors (Lipinski definition) is 1. The minimum atomic E-state index is 0.127. The van der Waals surface area contributed by atoms with E-state index < -0.39 is 0 Å². The Kier molecular flexibility index (Phi) is 3.29. The van der Waals surface area contributed by atoms with E-state index in [1.165, 1.54) is 50.0 Å². The van der Waals surface area contributed by atoms with Gasteiger partial charge in [0.05, 0.1) is 0 Å². The van der Waals surface area contributed by atoms with Crippen molar-refractivity contribution in [1.29, 1.82) is 0 Å². The molecule has 0 radical (unpaired) electrons. The summed E-state index contributed by atoms with van der Waals surface area (Å²) >= 11 is 0. The van der Waals surface area contributed by atoms with Crippen LogP contribution in [0.2, 0.25) is 0 Å². The second kappa shape index (κ2) is 4.93. The maximum absolute atomic E-state index is 6.12. The van der Waals surface area contributed by atoms with Crippen molar-refractivity contribution in [2.75, 3.05) is 18.0 Å². The highest BCUT2D eigenvalue weighted by molar-refractivity contribution is 5.55. The lowest BCUT2D eigenvalue weighted by Crippen LogP contribution is -2.29. The second-order valence-corrected chi connectivity index (χ2v) is 6.14. The first-order valence-electron chi connectivity index (χ1n) is 7.33. The van der Waals surface area contributed by atoms with Crippen LogP contribution in [0, 0.1) is 11.8 Å². The molecule has 1 aromatic rings. The Morgan fingerprint density at radius 2 is 1.67 bits per heavy atom. The first-order valence-corrected chi connectivity index (χ1v) is 7.33. The largest absolute Gasteiger partial charge is 0.371 e. The van der Waals surface area contributed by atoms with E-state index in [4.69, 9.17) is 5.73 Å². The Balaban J connectivity index is 1.82. The zero-order chi connectivity index (χ0) is 12.5. The summed E-state index contributed by atoms with van der Waals surface area (Å²) in [6.45, 7) is 4.56. The number of hydrogen-bond acceptors (Lipinski definition) is 2. The predicted molar refractivity (Wildman–Crippen MR) is 76.7 cm³/mol. The van der Waals surface area contributed by atoms with Gasteiger partial charge in [0, 0.05) is 24.8 Å². The van der Waals surface area contributed by atoms with E-state index in [0.29, 0.717) is 0 Å². The molecule has 0 heterocycles. The Bertz CT molecular complexity index is 391. The van der Waals surface area contributed by atoms with Gasteiger partial charge in [0.1, 0.15) is 0 Å². The third kappa shape index (κ3) is 2.86. The van der Waals surface area contributed by atoms with Crippen molar-refractivity contribution in [3.63, 3.8) is 0 Å². The minimum Gasteiger partial charge on any atom is -0.371 e. The van der Waals surface area contributed by atoms with Gasteiger partial charge in [-0.3, -0.25) is 0 Å². The van der Waals surface area contributed by atoms with Gasteiger partial charge in [-0.2, -0.15) is 0 Å². The van der Waals surface area contributed by atoms with Gasteiger partial charge >= 0.3 is 0 Å². The fourth-order valence-corrected chi connectivity index (χ4v) is 2.66. The lowest BCUT2D eigenvalue weighted by atomic mass is 10.1. The maximum Gasteiger partial charge on any atom is 0.0414 e. The van der Waals surface area contributed by atoms with Crippen molar-refractivity contribution in [3.8, 4) is 0 Å². The molecular formula is C16H24N2. The molecule has 2 nitrogen and oxygen atoms in total. The van der Waals surface area contributed by atoms with Crippen LogP contribution in [0.5, 0.6) is 0 Å². The average Bonchev–Trinajstić information content (AvgIpc) is 3.23. The van der Waals surface area contributed by atoms with E-state index in [1.54, 1.807) is 0 Å². The van der Waals surface area contributed by atoms with Crippen LogP contribution in [0.3, 0.4) is 0 Å². The van der Waals surface area contributed by atoms with Crippen molar-refractivity contribution >= 4 is 5.69 Å². The standard InChI is InChI=1S/C16H24N2/c1-12(17)15-4-2-3-5-16(15)18(10-13-6-7-13)11-14-8-9-14/h2-5,12-14H,6-11,17H2,1H3. The van der Waals surface area contributed by atoms with Gasteiger partial charge in [0.2, 0.25) is 0 Å². The van der Waals surface area contributed by atoms with Crippen LogP contribution in [-0.4, -0.2) is 13.1 Å². The fourth-order valence-electron chi connectivity index (χ4n) is 2.66. The third-order valence-electron chi connectivity index (χ3n) is 4.12. The van der Waals surface area contributed by atoms with Gasteiger partial charge in [-0.15, -0.1) is 0 Å². The molecule has 2 N–H and O–H groups in total. The molecular weight excluding hydrogens is 220 g/mol. The number of para-hydroxylation sites is 1. The molecule has 2 heteroatoms. The van der Waals surface area contributed by atoms with Gasteiger partial charge in [-0.25, -0.2) is 0 Å². The Labute approximate surface area is 110 Å². The zero-order valence-electron chi connectivity index (χ0n) is 11.3. The molecule has 0 spiro atoms. The van der Waals surface area contributed by atoms with Crippen LogP contribution in [0.4, 0.5) is 5.69 Å². The molecule has 0 bridgehead atoms. The first-order chi connectivity index (χ1) is 8.74. The Morgan fingerprint density at radius 3 is 2.17 bits per heavy atom. The number of benzene rings is 1. The number of anilines is 1. The van der Waals surface area contributed by atoms with Crippen molar-refractivity contribution in [2.24, 2.45) is 17.6 Å². The zero-order valence-corrected chi connectivity index (χ0v) is 11.3. The van der Waals surface area contributed by atoms with Crippen LogP contribution >= 0.6 is 0 Å². The SMILES string of the molecule is CC(N)c1ccccc1N(CC1CC1)CC1CC1. The highest BCUT2D eigenvalue weighted by Crippen LogP contribution is 2.37. The van der Waals surface area contributed by atoms with Gasteiger partial charge in [-0.1, -0.05) is 18.2 Å². The lowest BCUT2D eigenvalue weighted by molar-refractivity contribution is 0.671. The molecule has 0 saturated heterocycles. The normalized spacial score (nSPS) is 20.8. The molecule has 98 valence electrons. The van der Waals surface area contributed by atoms with Gasteiger partial charge < -0.3 is 10.6 Å². The molecule has 0 aliphatic heterocycles. The van der Waals surface area contributed by atoms with Gasteiger partial charge in [0.15, 0.2) is 0 Å². The van der Waals surface area contributed by atoms with E-state index in [-0.39, 0.29) is 6.04 Å². The summed E-state index contributed by atoms with van der Waals surface area (Å²) in [5.74, 6) is 1.87. The van der Waals surface area contributed by atoms with Crippen molar-refractivity contribution in [2.45, 2.75) is 38.6 Å². The number of rotatable bonds is 6. The van der Waals surface area contributed by atoms with E-state index >= 15 is 0 Å². The van der Waals surface area contributed by atoms with Gasteiger partial charge in [0.25, 0.3) is 0 Å². The van der Waals surface area contributed by atoms with Crippen molar-refractivity contribution in [3.05, 3.63) is 29.8 Å². The predicted octanol–water partition coefficient (Wildman–Crippen LogP) is 3.33. The third-order valence-corrected chi connectivity index (χ3v) is 4.12. The molecule has 2 aliphatic rings. The maximum atomic E-state index is 6.12. The molecule has 1 aromatic carbocycles. The summed E-state index contributed by atoms with van der Waals surface area (Å²) in [6, 6.07) is 8.82. The first kappa shape index (κ1) is 12.0. The highest BCUT2D eigenvalue weighted by atomic mass is 15.1. The summed E-state index contributed by atoms with van der Waals surface area (Å²) in [5.41, 5.74) is 8.80. The van der Waals surface area contributed by atoms with Gasteiger partial charge in [-0.05, 0) is 56.1 Å². The molecule has 1 unspecified atom stereocenters. The smallest absolute Gasteiger partial charge is 0.0414 e. The van der Waals surface area contributed by atoms with Crippen LogP contribution in [-0.2, 0) is 0 Å². The van der Waals surface area contributed by atoms with Crippen LogP contribution in [0.15, 0.2) is 24.3 Å². The topological polar surface area (TPSA) is 29.3 Å². The van der Waals surface area contributed by atoms with Crippen LogP contribution in [0.25, 0.3) is 0 Å². The highest BCUT2D eigenvalue weighted by Gasteiger charge is 2.30.